The first-order valence-electron chi connectivity index (χ1n) is 4.00. The van der Waals surface area contributed by atoms with Crippen LogP contribution >= 0.6 is 0 Å². The molecule has 0 radical (unpaired) electrons. The maximum Gasteiger partial charge on any atom is 0.245 e. The van der Waals surface area contributed by atoms with Crippen LogP contribution in [0, 0.1) is 0 Å². The van der Waals surface area contributed by atoms with Gasteiger partial charge in [0.15, 0.2) is 6.23 Å². The molecule has 1 rings (SSSR count). The lowest BCUT2D eigenvalue weighted by Gasteiger charge is -1.95. The zero-order valence-electron chi connectivity index (χ0n) is 8.03. The van der Waals surface area contributed by atoms with Crippen LogP contribution < -0.4 is 4.57 Å². The van der Waals surface area contributed by atoms with Crippen LogP contribution in [0.4, 0.5) is 0 Å². The van der Waals surface area contributed by atoms with Crippen LogP contribution in [0.2, 0.25) is 0 Å². The zero-order chi connectivity index (χ0) is 11.1. The second-order valence-electron chi connectivity index (χ2n) is 2.54. The first-order chi connectivity index (χ1) is 6.47. The Balaban J connectivity index is 0.000000364. The summed E-state index contributed by atoms with van der Waals surface area (Å²) in [6, 6.07) is 0. The highest BCUT2D eigenvalue weighted by molar-refractivity contribution is 7.73. The number of aromatic nitrogens is 2. The van der Waals surface area contributed by atoms with E-state index in [0.717, 1.165) is 6.54 Å². The van der Waals surface area contributed by atoms with Gasteiger partial charge < -0.3 is 14.2 Å². The highest BCUT2D eigenvalue weighted by Crippen LogP contribution is 1.95. The molecule has 0 saturated heterocycles. The van der Waals surface area contributed by atoms with Crippen LogP contribution in [0.15, 0.2) is 18.7 Å². The van der Waals surface area contributed by atoms with E-state index in [1.54, 1.807) is 11.5 Å². The van der Waals surface area contributed by atoms with Gasteiger partial charge in [0.05, 0.1) is 17.9 Å². The van der Waals surface area contributed by atoms with Crippen molar-refractivity contribution < 1.29 is 23.0 Å². The number of aliphatic hydroxyl groups is 1. The normalized spacial score (nSPS) is 14.1. The summed E-state index contributed by atoms with van der Waals surface area (Å²) < 4.78 is 27.8. The summed E-state index contributed by atoms with van der Waals surface area (Å²) in [7, 11) is 0. The minimum Gasteiger partial charge on any atom is -0.750 e. The molecule has 2 unspecified atom stereocenters. The lowest BCUT2D eigenvalue weighted by Crippen LogP contribution is -2.29. The van der Waals surface area contributed by atoms with Crippen molar-refractivity contribution in [3.8, 4) is 0 Å². The second kappa shape index (κ2) is 6.66. The first kappa shape index (κ1) is 13.2. The molecule has 2 atom stereocenters. The highest BCUT2D eigenvalue weighted by atomic mass is 32.2. The molecule has 82 valence electrons. The van der Waals surface area contributed by atoms with Gasteiger partial charge in [-0.2, -0.15) is 0 Å². The molecule has 0 amide bonds. The van der Waals surface area contributed by atoms with Crippen molar-refractivity contribution in [3.05, 3.63) is 18.7 Å². The van der Waals surface area contributed by atoms with Crippen molar-refractivity contribution >= 4 is 11.4 Å². The van der Waals surface area contributed by atoms with Crippen molar-refractivity contribution in [2.24, 2.45) is 0 Å². The third-order valence-electron chi connectivity index (χ3n) is 1.51. The third kappa shape index (κ3) is 5.81. The molecule has 0 spiro atoms. The topological polar surface area (TPSA) is 89.4 Å². The van der Waals surface area contributed by atoms with Crippen LogP contribution in [0.3, 0.4) is 0 Å². The molecule has 0 bridgehead atoms. The van der Waals surface area contributed by atoms with Gasteiger partial charge in [-0.3, -0.25) is 0 Å². The quantitative estimate of drug-likeness (QED) is 0.528. The lowest BCUT2D eigenvalue weighted by molar-refractivity contribution is -0.693. The summed E-state index contributed by atoms with van der Waals surface area (Å²) in [6.07, 6.45) is 5.25. The van der Waals surface area contributed by atoms with Gasteiger partial charge in [-0.05, 0) is 6.92 Å². The smallest absolute Gasteiger partial charge is 0.245 e. The van der Waals surface area contributed by atoms with Gasteiger partial charge in [-0.1, -0.05) is 0 Å². The van der Waals surface area contributed by atoms with Gasteiger partial charge in [-0.15, -0.1) is 0 Å². The van der Waals surface area contributed by atoms with Gasteiger partial charge in [0.2, 0.25) is 6.33 Å². The molecule has 0 aliphatic heterocycles. The van der Waals surface area contributed by atoms with Crippen LogP contribution in [-0.2, 0) is 17.9 Å². The van der Waals surface area contributed by atoms with E-state index in [4.69, 9.17) is 18.4 Å². The van der Waals surface area contributed by atoms with Gasteiger partial charge in [0.1, 0.15) is 12.4 Å². The largest absolute Gasteiger partial charge is 0.750 e. The molecule has 1 aromatic rings. The molecule has 0 aromatic carbocycles. The Morgan fingerprint density at radius 2 is 2.21 bits per heavy atom. The number of aryl methyl sites for hydroxylation is 1. The molecule has 0 saturated carbocycles. The second-order valence-corrected chi connectivity index (χ2v) is 2.97. The molecular formula is C7H14N2O4S. The summed E-state index contributed by atoms with van der Waals surface area (Å²) in [5.74, 6) is 0. The summed E-state index contributed by atoms with van der Waals surface area (Å²) in [5, 5.41) is 9.08. The van der Waals surface area contributed by atoms with Crippen LogP contribution in [0.5, 0.6) is 0 Å². The Morgan fingerprint density at radius 1 is 1.71 bits per heavy atom. The minimum absolute atomic E-state index is 0.423. The fourth-order valence-corrected chi connectivity index (χ4v) is 0.819. The van der Waals surface area contributed by atoms with Crippen molar-refractivity contribution in [1.29, 1.82) is 0 Å². The molecule has 14 heavy (non-hydrogen) atoms. The Morgan fingerprint density at radius 3 is 2.43 bits per heavy atom. The highest BCUT2D eigenvalue weighted by Gasteiger charge is 2.05. The number of imidazole rings is 1. The number of aliphatic hydroxyl groups excluding tert-OH is 1. The molecule has 1 aromatic heterocycles. The fourth-order valence-electron chi connectivity index (χ4n) is 0.819. The molecule has 6 nitrogen and oxygen atoms in total. The van der Waals surface area contributed by atoms with Crippen LogP contribution in [0.25, 0.3) is 0 Å². The summed E-state index contributed by atoms with van der Waals surface area (Å²) >= 11 is -2.86. The van der Waals surface area contributed by atoms with E-state index in [9.17, 15) is 0 Å². The van der Waals surface area contributed by atoms with Gasteiger partial charge >= 0.3 is 0 Å². The van der Waals surface area contributed by atoms with Crippen molar-refractivity contribution in [3.63, 3.8) is 0 Å². The van der Waals surface area contributed by atoms with Crippen molar-refractivity contribution in [1.82, 2.24) is 4.57 Å². The van der Waals surface area contributed by atoms with Crippen LogP contribution in [0.1, 0.15) is 20.1 Å². The predicted molar refractivity (Wildman–Crippen MR) is 48.8 cm³/mol. The molecule has 7 heteroatoms. The summed E-state index contributed by atoms with van der Waals surface area (Å²) in [4.78, 5) is 0. The van der Waals surface area contributed by atoms with E-state index in [-0.39, 0.29) is 0 Å². The monoisotopic (exact) mass is 222 g/mol. The van der Waals surface area contributed by atoms with E-state index in [1.807, 2.05) is 23.3 Å². The Labute approximate surface area is 84.9 Å². The van der Waals surface area contributed by atoms with Crippen molar-refractivity contribution in [2.75, 3.05) is 0 Å². The van der Waals surface area contributed by atoms with Crippen LogP contribution in [-0.4, -0.2) is 23.0 Å². The standard InChI is InChI=1S/C7H13N2O.H2O3S/c1-3-8-4-5-9(6-8)7(2)10;1-4(2)3/h4-7,10H,3H2,1-2H3;(H2,1,2,3)/q+1;/p-1. The molecular weight excluding hydrogens is 208 g/mol. The Hall–Kier alpha value is -0.760. The molecule has 1 heterocycles. The Bertz CT molecular complexity index is 283. The maximum absolute atomic E-state index is 9.08. The van der Waals surface area contributed by atoms with E-state index in [2.05, 4.69) is 6.92 Å². The van der Waals surface area contributed by atoms with Gasteiger partial charge in [-0.25, -0.2) is 13.3 Å². The minimum atomic E-state index is -2.86. The average Bonchev–Trinajstić information content (AvgIpc) is 2.50. The number of hydrogen-bond donors (Lipinski definition) is 2. The number of hydrogen-bond acceptors (Lipinski definition) is 3. The number of nitrogens with zero attached hydrogens (tertiary/aromatic N) is 2. The van der Waals surface area contributed by atoms with Crippen molar-refractivity contribution in [2.45, 2.75) is 26.6 Å². The SMILES string of the molecule is CC[n+]1ccn(C(C)O)c1.O=S([O-])O. The molecule has 0 aliphatic carbocycles. The lowest BCUT2D eigenvalue weighted by atomic mass is 10.6. The summed E-state index contributed by atoms with van der Waals surface area (Å²) in [5.41, 5.74) is 0. The van der Waals surface area contributed by atoms with E-state index < -0.39 is 17.6 Å². The molecule has 0 aliphatic rings. The average molecular weight is 222 g/mol. The maximum atomic E-state index is 9.08. The third-order valence-corrected chi connectivity index (χ3v) is 1.51. The van der Waals surface area contributed by atoms with E-state index in [1.165, 1.54) is 0 Å². The zero-order valence-corrected chi connectivity index (χ0v) is 8.85. The molecule has 0 fully saturated rings. The number of rotatable bonds is 2. The fraction of sp³-hybridized carbons (Fsp3) is 0.571. The van der Waals surface area contributed by atoms with Gasteiger partial charge in [0.25, 0.3) is 0 Å². The first-order valence-corrected chi connectivity index (χ1v) is 5.03. The summed E-state index contributed by atoms with van der Waals surface area (Å²) in [6.45, 7) is 4.74. The van der Waals surface area contributed by atoms with E-state index >= 15 is 0 Å². The Kier molecular flexibility index (Phi) is 6.30. The predicted octanol–water partition coefficient (Wildman–Crippen LogP) is -0.355. The van der Waals surface area contributed by atoms with Gasteiger partial charge in [0, 0.05) is 6.92 Å². The van der Waals surface area contributed by atoms with E-state index in [0.29, 0.717) is 0 Å². The molecule has 2 N–H and O–H groups in total.